The number of esters is 1. The Kier molecular flexibility index (Phi) is 5.92. The molecular formula is C23H25NO7. The van der Waals surface area contributed by atoms with Gasteiger partial charge in [-0.25, -0.2) is 14.4 Å². The Labute approximate surface area is 179 Å². The third-order valence-corrected chi connectivity index (χ3v) is 4.59. The lowest BCUT2D eigenvalue weighted by Gasteiger charge is -2.21. The highest BCUT2D eigenvalue weighted by atomic mass is 16.6. The van der Waals surface area contributed by atoms with Crippen LogP contribution in [0.5, 0.6) is 11.5 Å². The molecule has 0 fully saturated rings. The number of fused-ring (bicyclic) bond motifs is 3. The maximum absolute atomic E-state index is 12.5. The summed E-state index contributed by atoms with van der Waals surface area (Å²) in [6.07, 6.45) is -0.722. The molecule has 2 aromatic carbocycles. The van der Waals surface area contributed by atoms with Crippen LogP contribution in [0.1, 0.15) is 33.3 Å². The van der Waals surface area contributed by atoms with Crippen molar-refractivity contribution in [2.45, 2.75) is 46.3 Å². The lowest BCUT2D eigenvalue weighted by Crippen LogP contribution is -2.43. The molecule has 0 aliphatic rings. The second-order valence-electron chi connectivity index (χ2n) is 8.16. The van der Waals surface area contributed by atoms with Gasteiger partial charge in [0.05, 0.1) is 12.5 Å². The number of carbonyl (C=O) groups excluding carboxylic acids is 2. The van der Waals surface area contributed by atoms with Crippen molar-refractivity contribution in [3.05, 3.63) is 46.3 Å². The van der Waals surface area contributed by atoms with E-state index in [4.69, 9.17) is 18.6 Å². The summed E-state index contributed by atoms with van der Waals surface area (Å²) < 4.78 is 21.3. The molecule has 164 valence electrons. The van der Waals surface area contributed by atoms with Crippen molar-refractivity contribution < 1.29 is 28.2 Å². The molecule has 1 N–H and O–H groups in total. The number of amides is 1. The van der Waals surface area contributed by atoms with Gasteiger partial charge >= 0.3 is 17.7 Å². The number of rotatable bonds is 4. The molecule has 8 heteroatoms. The van der Waals surface area contributed by atoms with Crippen LogP contribution in [0.2, 0.25) is 0 Å². The Morgan fingerprint density at radius 3 is 2.39 bits per heavy atom. The molecule has 0 saturated heterocycles. The monoisotopic (exact) mass is 427 g/mol. The van der Waals surface area contributed by atoms with E-state index in [1.165, 1.54) is 14.0 Å². The van der Waals surface area contributed by atoms with E-state index in [0.29, 0.717) is 33.1 Å². The quantitative estimate of drug-likeness (QED) is 0.289. The van der Waals surface area contributed by atoms with Crippen LogP contribution in [0, 0.1) is 6.92 Å². The van der Waals surface area contributed by atoms with Gasteiger partial charge < -0.3 is 23.9 Å². The average molecular weight is 427 g/mol. The van der Waals surface area contributed by atoms with Crippen molar-refractivity contribution in [2.24, 2.45) is 0 Å². The minimum Gasteiger partial charge on any atom is -0.497 e. The predicted octanol–water partition coefficient (Wildman–Crippen LogP) is 4.08. The zero-order chi connectivity index (χ0) is 22.9. The molecule has 3 rings (SSSR count). The number of ether oxygens (including phenoxy) is 3. The van der Waals surface area contributed by atoms with Crippen molar-refractivity contribution in [3.8, 4) is 11.5 Å². The molecule has 0 aliphatic carbocycles. The predicted molar refractivity (Wildman–Crippen MR) is 116 cm³/mol. The van der Waals surface area contributed by atoms with Crippen molar-refractivity contribution in [2.75, 3.05) is 7.11 Å². The van der Waals surface area contributed by atoms with Crippen LogP contribution in [0.4, 0.5) is 4.79 Å². The van der Waals surface area contributed by atoms with Crippen molar-refractivity contribution in [3.63, 3.8) is 0 Å². The number of hydrogen-bond acceptors (Lipinski definition) is 7. The lowest BCUT2D eigenvalue weighted by molar-refractivity contribution is -0.136. The van der Waals surface area contributed by atoms with E-state index in [2.05, 4.69) is 5.32 Å². The van der Waals surface area contributed by atoms with Crippen LogP contribution in [-0.4, -0.2) is 30.8 Å². The van der Waals surface area contributed by atoms with Gasteiger partial charge in [0.1, 0.15) is 28.7 Å². The zero-order valence-corrected chi connectivity index (χ0v) is 18.3. The summed E-state index contributed by atoms with van der Waals surface area (Å²) in [5.74, 6) is 0.0976. The van der Waals surface area contributed by atoms with Gasteiger partial charge in [-0.1, -0.05) is 0 Å². The van der Waals surface area contributed by atoms with E-state index < -0.39 is 29.3 Å². The van der Waals surface area contributed by atoms with Gasteiger partial charge in [-0.2, -0.15) is 0 Å². The maximum Gasteiger partial charge on any atom is 0.408 e. The molecule has 0 saturated carbocycles. The molecular weight excluding hydrogens is 402 g/mol. The third-order valence-electron chi connectivity index (χ3n) is 4.59. The minimum absolute atomic E-state index is 0.228. The second kappa shape index (κ2) is 8.29. The Bertz CT molecular complexity index is 1220. The lowest BCUT2D eigenvalue weighted by atomic mass is 10.0. The molecule has 1 atom stereocenters. The van der Waals surface area contributed by atoms with Crippen LogP contribution in [-0.2, 0) is 9.53 Å². The topological polar surface area (TPSA) is 104 Å². The number of benzene rings is 2. The maximum atomic E-state index is 12.5. The number of methoxy groups -OCH3 is 1. The van der Waals surface area contributed by atoms with Gasteiger partial charge in [-0.05, 0) is 65.0 Å². The van der Waals surface area contributed by atoms with Gasteiger partial charge in [0.25, 0.3) is 0 Å². The van der Waals surface area contributed by atoms with Crippen LogP contribution in [0.15, 0.2) is 39.5 Å². The van der Waals surface area contributed by atoms with Crippen LogP contribution >= 0.6 is 0 Å². The standard InChI is InChI=1S/C23H25NO7/c1-12-18(29-20(25)13(2)24-22(27)31-23(3,4)5)10-9-16-15-8-7-14(28-6)11-17(15)21(26)30-19(12)16/h7-11,13H,1-6H3,(H,24,27)/t13-/m0/s1. The molecule has 0 unspecified atom stereocenters. The van der Waals surface area contributed by atoms with Crippen LogP contribution in [0.25, 0.3) is 21.7 Å². The second-order valence-corrected chi connectivity index (χ2v) is 8.16. The third kappa shape index (κ3) is 4.79. The molecule has 0 bridgehead atoms. The Morgan fingerprint density at radius 2 is 1.74 bits per heavy atom. The Balaban J connectivity index is 1.89. The first-order valence-electron chi connectivity index (χ1n) is 9.75. The molecule has 1 heterocycles. The number of aryl methyl sites for hydroxylation is 1. The number of carbonyl (C=O) groups is 2. The van der Waals surface area contributed by atoms with Gasteiger partial charge in [-0.3, -0.25) is 0 Å². The molecule has 1 amide bonds. The summed E-state index contributed by atoms with van der Waals surface area (Å²) in [7, 11) is 1.52. The fourth-order valence-corrected chi connectivity index (χ4v) is 3.07. The largest absolute Gasteiger partial charge is 0.497 e. The van der Waals surface area contributed by atoms with E-state index in [0.717, 1.165) is 0 Å². The van der Waals surface area contributed by atoms with Crippen molar-refractivity contribution in [1.82, 2.24) is 5.32 Å². The van der Waals surface area contributed by atoms with Gasteiger partial charge in [0.15, 0.2) is 0 Å². The molecule has 1 aromatic heterocycles. The summed E-state index contributed by atoms with van der Waals surface area (Å²) in [4.78, 5) is 36.8. The average Bonchev–Trinajstić information content (AvgIpc) is 2.68. The van der Waals surface area contributed by atoms with E-state index >= 15 is 0 Å². The molecule has 8 nitrogen and oxygen atoms in total. The highest BCUT2D eigenvalue weighted by molar-refractivity contribution is 6.06. The van der Waals surface area contributed by atoms with Crippen LogP contribution < -0.4 is 20.4 Å². The molecule has 0 radical (unpaired) electrons. The molecule has 0 aliphatic heterocycles. The Hall–Kier alpha value is -3.55. The highest BCUT2D eigenvalue weighted by Crippen LogP contribution is 2.32. The van der Waals surface area contributed by atoms with Gasteiger partial charge in [-0.15, -0.1) is 0 Å². The van der Waals surface area contributed by atoms with Crippen LogP contribution in [0.3, 0.4) is 0 Å². The smallest absolute Gasteiger partial charge is 0.408 e. The number of nitrogens with one attached hydrogen (secondary N) is 1. The summed E-state index contributed by atoms with van der Waals surface area (Å²) >= 11 is 0. The molecule has 0 spiro atoms. The van der Waals surface area contributed by atoms with E-state index in [1.807, 2.05) is 0 Å². The molecule has 3 aromatic rings. The summed E-state index contributed by atoms with van der Waals surface area (Å²) in [5, 5.41) is 4.24. The molecule has 31 heavy (non-hydrogen) atoms. The fourth-order valence-electron chi connectivity index (χ4n) is 3.07. The number of alkyl carbamates (subject to hydrolysis) is 1. The first-order valence-corrected chi connectivity index (χ1v) is 9.75. The van der Waals surface area contributed by atoms with Gasteiger partial charge in [0.2, 0.25) is 0 Å². The van der Waals surface area contributed by atoms with E-state index in [-0.39, 0.29) is 5.75 Å². The highest BCUT2D eigenvalue weighted by Gasteiger charge is 2.23. The SMILES string of the molecule is COc1ccc2c(c1)c(=O)oc1c(C)c(OC(=O)[C@H](C)NC(=O)OC(C)(C)C)ccc12. The van der Waals surface area contributed by atoms with Crippen molar-refractivity contribution >= 4 is 33.8 Å². The van der Waals surface area contributed by atoms with E-state index in [1.54, 1.807) is 58.0 Å². The normalized spacial score (nSPS) is 12.5. The van der Waals surface area contributed by atoms with Gasteiger partial charge in [0, 0.05) is 16.3 Å². The minimum atomic E-state index is -0.943. The Morgan fingerprint density at radius 1 is 1.06 bits per heavy atom. The fraction of sp³-hybridized carbons (Fsp3) is 0.348. The summed E-state index contributed by atoms with van der Waals surface area (Å²) in [6, 6.07) is 7.56. The van der Waals surface area contributed by atoms with E-state index in [9.17, 15) is 14.4 Å². The summed E-state index contributed by atoms with van der Waals surface area (Å²) in [6.45, 7) is 8.35. The first-order chi connectivity index (χ1) is 14.5. The van der Waals surface area contributed by atoms with Crippen molar-refractivity contribution in [1.29, 1.82) is 0 Å². The first kappa shape index (κ1) is 22.1. The zero-order valence-electron chi connectivity index (χ0n) is 18.3. The number of hydrogen-bond donors (Lipinski definition) is 1. The summed E-state index contributed by atoms with van der Waals surface area (Å²) in [5.41, 5.74) is -0.397.